The van der Waals surface area contributed by atoms with Gasteiger partial charge in [0.25, 0.3) is 0 Å². The van der Waals surface area contributed by atoms with E-state index >= 15 is 0 Å². The van der Waals surface area contributed by atoms with Crippen molar-refractivity contribution in [3.63, 3.8) is 0 Å². The van der Waals surface area contributed by atoms with Crippen LogP contribution in [0.4, 0.5) is 4.39 Å². The summed E-state index contributed by atoms with van der Waals surface area (Å²) in [6.07, 6.45) is 4.90. The second-order valence-corrected chi connectivity index (χ2v) is 5.83. The van der Waals surface area contributed by atoms with Gasteiger partial charge in [-0.05, 0) is 32.2 Å². The molecule has 0 aliphatic rings. The van der Waals surface area contributed by atoms with Gasteiger partial charge in [0, 0.05) is 18.9 Å². The average Bonchev–Trinajstić information content (AvgIpc) is 3.25. The number of halogens is 1. The first-order valence-electron chi connectivity index (χ1n) is 8.25. The topological polar surface area (TPSA) is 76.0 Å². The lowest BCUT2D eigenvalue weighted by Crippen LogP contribution is -2.22. The maximum Gasteiger partial charge on any atom is 0.341 e. The summed E-state index contributed by atoms with van der Waals surface area (Å²) >= 11 is 0. The number of rotatable bonds is 7. The fourth-order valence-electron chi connectivity index (χ4n) is 2.69. The molecule has 0 spiro atoms. The Labute approximate surface area is 150 Å². The molecule has 0 bridgehead atoms. The van der Waals surface area contributed by atoms with E-state index in [1.54, 1.807) is 36.1 Å². The molecule has 3 aromatic rings. The van der Waals surface area contributed by atoms with Crippen LogP contribution in [0.25, 0.3) is 5.69 Å². The number of aromatic nitrogens is 4. The molecule has 0 saturated heterocycles. The van der Waals surface area contributed by atoms with Crippen LogP contribution < -0.4 is 0 Å². The van der Waals surface area contributed by atoms with Gasteiger partial charge in [-0.3, -0.25) is 4.90 Å². The first-order chi connectivity index (χ1) is 12.6. The maximum absolute atomic E-state index is 13.6. The molecule has 3 rings (SSSR count). The van der Waals surface area contributed by atoms with Crippen LogP contribution in [0.5, 0.6) is 0 Å². The van der Waals surface area contributed by atoms with Gasteiger partial charge in [-0.2, -0.15) is 5.10 Å². The number of aromatic amines is 1. The third kappa shape index (κ3) is 3.97. The summed E-state index contributed by atoms with van der Waals surface area (Å²) in [7, 11) is 1.90. The van der Waals surface area contributed by atoms with Gasteiger partial charge in [0.2, 0.25) is 0 Å². The molecule has 1 aromatic carbocycles. The summed E-state index contributed by atoms with van der Waals surface area (Å²) in [5.74, 6) is -0.0101. The molecule has 0 saturated carbocycles. The fraction of sp³-hybridized carbons (Fsp3) is 0.278. The van der Waals surface area contributed by atoms with Crippen LogP contribution in [-0.4, -0.2) is 44.3 Å². The Morgan fingerprint density at radius 2 is 2.23 bits per heavy atom. The number of carbonyl (C=O) groups excluding carboxylic acids is 1. The number of ether oxygens (including phenoxy) is 1. The second kappa shape index (κ2) is 7.92. The summed E-state index contributed by atoms with van der Waals surface area (Å²) in [5, 5.41) is 4.28. The standard InChI is InChI=1S/C18H20FN5O2/c1-3-26-18(25)15-10-22-24(14-6-4-5-13(19)9-14)16(15)11-23(2)12-17-20-7-8-21-17/h4-10H,3,11-12H2,1-2H3,(H,20,21). The Morgan fingerprint density at radius 3 is 2.92 bits per heavy atom. The molecule has 0 amide bonds. The smallest absolute Gasteiger partial charge is 0.341 e. The molecule has 8 heteroatoms. The Bertz CT molecular complexity index is 876. The van der Waals surface area contributed by atoms with E-state index in [4.69, 9.17) is 4.74 Å². The molecule has 0 radical (unpaired) electrons. The maximum atomic E-state index is 13.6. The first-order valence-corrected chi connectivity index (χ1v) is 8.25. The van der Waals surface area contributed by atoms with Gasteiger partial charge in [-0.25, -0.2) is 18.9 Å². The summed E-state index contributed by atoms with van der Waals surface area (Å²) in [6.45, 7) is 2.98. The normalized spacial score (nSPS) is 11.1. The van der Waals surface area contributed by atoms with Crippen LogP contribution in [-0.2, 0) is 17.8 Å². The van der Waals surface area contributed by atoms with Crippen molar-refractivity contribution in [3.05, 3.63) is 65.8 Å². The third-order valence-electron chi connectivity index (χ3n) is 3.81. The molecule has 1 N–H and O–H groups in total. The largest absolute Gasteiger partial charge is 0.462 e. The van der Waals surface area contributed by atoms with Gasteiger partial charge in [0.15, 0.2) is 0 Å². The van der Waals surface area contributed by atoms with E-state index in [1.807, 2.05) is 11.9 Å². The highest BCUT2D eigenvalue weighted by Crippen LogP contribution is 2.19. The van der Waals surface area contributed by atoms with E-state index in [0.717, 1.165) is 5.82 Å². The summed E-state index contributed by atoms with van der Waals surface area (Å²) < 4.78 is 20.3. The Hall–Kier alpha value is -3.00. The van der Waals surface area contributed by atoms with Gasteiger partial charge >= 0.3 is 5.97 Å². The highest BCUT2D eigenvalue weighted by Gasteiger charge is 2.21. The monoisotopic (exact) mass is 357 g/mol. The number of hydrogen-bond donors (Lipinski definition) is 1. The van der Waals surface area contributed by atoms with Crippen molar-refractivity contribution in [2.24, 2.45) is 0 Å². The fourth-order valence-corrected chi connectivity index (χ4v) is 2.69. The molecule has 2 aromatic heterocycles. The summed E-state index contributed by atoms with van der Waals surface area (Å²) in [6, 6.07) is 6.08. The van der Waals surface area contributed by atoms with E-state index in [0.29, 0.717) is 30.0 Å². The predicted octanol–water partition coefficient (Wildman–Crippen LogP) is 2.54. The number of imidazole rings is 1. The molecular weight excluding hydrogens is 337 g/mol. The van der Waals surface area contributed by atoms with Crippen LogP contribution in [0.15, 0.2) is 42.9 Å². The van der Waals surface area contributed by atoms with Crippen molar-refractivity contribution in [3.8, 4) is 5.69 Å². The van der Waals surface area contributed by atoms with Crippen molar-refractivity contribution in [1.82, 2.24) is 24.6 Å². The minimum atomic E-state index is -0.448. The lowest BCUT2D eigenvalue weighted by molar-refractivity contribution is 0.0524. The number of carbonyl (C=O) groups is 1. The lowest BCUT2D eigenvalue weighted by Gasteiger charge is -2.17. The van der Waals surface area contributed by atoms with E-state index in [-0.39, 0.29) is 12.4 Å². The molecule has 0 fully saturated rings. The first kappa shape index (κ1) is 17.8. The summed E-state index contributed by atoms with van der Waals surface area (Å²) in [4.78, 5) is 21.5. The SMILES string of the molecule is CCOC(=O)c1cnn(-c2cccc(F)c2)c1CN(C)Cc1ncc[nH]1. The van der Waals surface area contributed by atoms with Crippen LogP contribution in [0, 0.1) is 5.82 Å². The minimum Gasteiger partial charge on any atom is -0.462 e. The van der Waals surface area contributed by atoms with Gasteiger partial charge in [-0.1, -0.05) is 6.07 Å². The zero-order valence-corrected chi connectivity index (χ0v) is 14.6. The van der Waals surface area contributed by atoms with E-state index in [9.17, 15) is 9.18 Å². The predicted molar refractivity (Wildman–Crippen MR) is 93.2 cm³/mol. The van der Waals surface area contributed by atoms with E-state index in [2.05, 4.69) is 15.1 Å². The Kier molecular flexibility index (Phi) is 5.43. The average molecular weight is 357 g/mol. The molecule has 26 heavy (non-hydrogen) atoms. The number of nitrogens with one attached hydrogen (secondary N) is 1. The van der Waals surface area contributed by atoms with Gasteiger partial charge in [-0.15, -0.1) is 0 Å². The minimum absolute atomic E-state index is 0.269. The highest BCUT2D eigenvalue weighted by atomic mass is 19.1. The number of benzene rings is 1. The van der Waals surface area contributed by atoms with Crippen molar-refractivity contribution in [2.75, 3.05) is 13.7 Å². The molecule has 0 aliphatic carbocycles. The lowest BCUT2D eigenvalue weighted by atomic mass is 10.2. The van der Waals surface area contributed by atoms with Gasteiger partial charge in [0.05, 0.1) is 30.7 Å². The van der Waals surface area contributed by atoms with E-state index < -0.39 is 5.97 Å². The number of esters is 1. The molecule has 2 heterocycles. The zero-order valence-electron chi connectivity index (χ0n) is 14.6. The van der Waals surface area contributed by atoms with Gasteiger partial charge < -0.3 is 9.72 Å². The summed E-state index contributed by atoms with van der Waals surface area (Å²) in [5.41, 5.74) is 1.53. The molecule has 0 atom stereocenters. The molecule has 0 aliphatic heterocycles. The van der Waals surface area contributed by atoms with Crippen molar-refractivity contribution < 1.29 is 13.9 Å². The second-order valence-electron chi connectivity index (χ2n) is 5.83. The quantitative estimate of drug-likeness (QED) is 0.658. The molecule has 0 unspecified atom stereocenters. The zero-order chi connectivity index (χ0) is 18.5. The van der Waals surface area contributed by atoms with Crippen molar-refractivity contribution in [2.45, 2.75) is 20.0 Å². The van der Waals surface area contributed by atoms with Crippen LogP contribution >= 0.6 is 0 Å². The highest BCUT2D eigenvalue weighted by molar-refractivity contribution is 5.90. The van der Waals surface area contributed by atoms with Gasteiger partial charge in [0.1, 0.15) is 17.2 Å². The van der Waals surface area contributed by atoms with Crippen LogP contribution in [0.3, 0.4) is 0 Å². The number of H-pyrrole nitrogens is 1. The van der Waals surface area contributed by atoms with Crippen LogP contribution in [0.1, 0.15) is 28.8 Å². The van der Waals surface area contributed by atoms with Crippen LogP contribution in [0.2, 0.25) is 0 Å². The van der Waals surface area contributed by atoms with Crippen molar-refractivity contribution >= 4 is 5.97 Å². The van der Waals surface area contributed by atoms with E-state index in [1.165, 1.54) is 18.3 Å². The third-order valence-corrected chi connectivity index (χ3v) is 3.81. The molecule has 7 nitrogen and oxygen atoms in total. The Morgan fingerprint density at radius 1 is 1.38 bits per heavy atom. The molecule has 136 valence electrons. The number of nitrogens with zero attached hydrogens (tertiary/aromatic N) is 4. The van der Waals surface area contributed by atoms with Crippen molar-refractivity contribution in [1.29, 1.82) is 0 Å². The number of hydrogen-bond acceptors (Lipinski definition) is 5. The molecular formula is C18H20FN5O2. The Balaban J connectivity index is 1.93.